The number of ether oxygens (including phenoxy) is 3. The Kier molecular flexibility index (Phi) is 29.4. The van der Waals surface area contributed by atoms with Gasteiger partial charge in [0, 0.05) is 131 Å². The van der Waals surface area contributed by atoms with Crippen LogP contribution in [0, 0.1) is 0 Å². The van der Waals surface area contributed by atoms with E-state index in [9.17, 15) is 62.3 Å². The summed E-state index contributed by atoms with van der Waals surface area (Å²) in [5.74, 6) is -2.58. The lowest BCUT2D eigenvalue weighted by molar-refractivity contribution is -0.143. The number of aliphatic carboxylic acids is 2. The number of nitrogens with zero attached hydrogens (tertiary/aromatic N) is 11. The molecule has 0 saturated heterocycles. The van der Waals surface area contributed by atoms with Crippen molar-refractivity contribution in [2.75, 3.05) is 45.0 Å². The van der Waals surface area contributed by atoms with Crippen LogP contribution in [0.5, 0.6) is 0 Å². The molecule has 0 atom stereocenters. The summed E-state index contributed by atoms with van der Waals surface area (Å²) in [6, 6.07) is 0. The van der Waals surface area contributed by atoms with E-state index in [-0.39, 0.29) is 54.6 Å². The molecule has 0 saturated carbocycles. The summed E-state index contributed by atoms with van der Waals surface area (Å²) in [6.45, 7) is 7.94. The first-order chi connectivity index (χ1) is 39.9. The summed E-state index contributed by atoms with van der Waals surface area (Å²) in [4.78, 5) is 159. The number of nitrogens with two attached hydrogens (primary N) is 2. The van der Waals surface area contributed by atoms with Crippen LogP contribution in [0.4, 0.5) is 29.0 Å². The van der Waals surface area contributed by atoms with E-state index in [2.05, 4.69) is 19.7 Å². The second kappa shape index (κ2) is 34.3. The van der Waals surface area contributed by atoms with Gasteiger partial charge < -0.3 is 46.1 Å². The molecule has 0 aromatic carbocycles. The molecule has 0 aliphatic carbocycles. The molecule has 8 N–H and O–H groups in total. The van der Waals surface area contributed by atoms with Gasteiger partial charge in [0.25, 0.3) is 22.2 Å². The van der Waals surface area contributed by atoms with Crippen LogP contribution < -0.4 is 56.5 Å². The lowest BCUT2D eigenvalue weighted by atomic mass is 10.1. The third-order valence-electron chi connectivity index (χ3n) is 11.5. The molecule has 3 aliphatic heterocycles. The Balaban J connectivity index is 0.000000531. The number of esters is 3. The van der Waals surface area contributed by atoms with Crippen molar-refractivity contribution in [1.29, 1.82) is 0 Å². The fourth-order valence-corrected chi connectivity index (χ4v) is 7.26. The number of aliphatic imine (C=N–C) groups is 3. The first kappa shape index (κ1) is 72.8. The molecule has 4 aromatic rings. The average Bonchev–Trinajstić information content (AvgIpc) is 3.09. The number of rotatable bonds is 12. The zero-order chi connectivity index (χ0) is 65.3. The van der Waals surface area contributed by atoms with E-state index < -0.39 is 57.8 Å². The Morgan fingerprint density at radius 3 is 1.21 bits per heavy atom. The van der Waals surface area contributed by atoms with Crippen LogP contribution in [0.15, 0.2) is 89.8 Å². The minimum absolute atomic E-state index is 0.00287. The van der Waals surface area contributed by atoms with E-state index in [1.165, 1.54) is 74.2 Å². The number of aromatic nitrogens is 8. The van der Waals surface area contributed by atoms with Gasteiger partial charge in [0.1, 0.15) is 29.0 Å². The second-order valence-corrected chi connectivity index (χ2v) is 17.2. The molecular weight excluding hydrogens is 1130 g/mol. The molecule has 85 heavy (non-hydrogen) atoms. The fraction of sp³-hybridized carbons (Fsp3) is 0.423. The molecule has 7 rings (SSSR count). The number of carbonyl (C=O) groups excluding carboxylic acids is 3. The SMILES string of the molecule is CCO.CCOC(=O)/C=C/C(=O)O.CCOC(=O)/C=C/C1=Nc2c(c(=O)n(C)c(=O)n2C)C1.CCOC(=O)CCC1=Nc2c(c(=O)n(C)c(=O)n2C)C1.CO.Cn1c(N)c(N)c(=O)n(C)c1=O.Cn1c2c(c(=O)n(C)c1=O)CC(/C=C/C(=O)O)=N2. The zero-order valence-corrected chi connectivity index (χ0v) is 49.2. The van der Waals surface area contributed by atoms with Gasteiger partial charge in [-0.05, 0) is 46.3 Å². The molecule has 33 nitrogen and oxygen atoms in total. The van der Waals surface area contributed by atoms with E-state index in [0.29, 0.717) is 78.0 Å². The topological polar surface area (TPSA) is 459 Å². The highest BCUT2D eigenvalue weighted by molar-refractivity contribution is 6.05. The van der Waals surface area contributed by atoms with Crippen molar-refractivity contribution in [1.82, 2.24) is 36.5 Å². The van der Waals surface area contributed by atoms with Gasteiger partial charge in [-0.25, -0.2) is 53.3 Å². The number of aliphatic hydroxyl groups is 2. The van der Waals surface area contributed by atoms with Crippen molar-refractivity contribution in [3.8, 4) is 0 Å². The Morgan fingerprint density at radius 1 is 0.482 bits per heavy atom. The van der Waals surface area contributed by atoms with Crippen LogP contribution in [0.2, 0.25) is 0 Å². The number of carbonyl (C=O) groups is 5. The summed E-state index contributed by atoms with van der Waals surface area (Å²) in [5.41, 5.74) is 10.3. The molecule has 3 aliphatic rings. The molecule has 464 valence electrons. The maximum Gasteiger partial charge on any atom is 0.332 e. The van der Waals surface area contributed by atoms with Crippen molar-refractivity contribution < 1.29 is 58.6 Å². The van der Waals surface area contributed by atoms with Gasteiger partial charge in [0.05, 0.1) is 42.9 Å². The van der Waals surface area contributed by atoms with Crippen LogP contribution in [0.25, 0.3) is 0 Å². The fourth-order valence-electron chi connectivity index (χ4n) is 7.26. The number of carboxylic acid groups (broad SMARTS) is 2. The van der Waals surface area contributed by atoms with E-state index in [1.54, 1.807) is 41.8 Å². The monoisotopic (exact) mass is 1200 g/mol. The number of nitrogen functional groups attached to an aromatic ring is 2. The second-order valence-electron chi connectivity index (χ2n) is 17.2. The Bertz CT molecular complexity index is 3820. The summed E-state index contributed by atoms with van der Waals surface area (Å²) >= 11 is 0. The summed E-state index contributed by atoms with van der Waals surface area (Å²) in [6.07, 6.45) is 8.23. The van der Waals surface area contributed by atoms with Crippen molar-refractivity contribution in [2.45, 2.75) is 59.8 Å². The summed E-state index contributed by atoms with van der Waals surface area (Å²) in [5, 5.41) is 31.1. The van der Waals surface area contributed by atoms with Crippen LogP contribution in [0.3, 0.4) is 0 Å². The van der Waals surface area contributed by atoms with Crippen molar-refractivity contribution in [3.63, 3.8) is 0 Å². The van der Waals surface area contributed by atoms with Gasteiger partial charge in [0.15, 0.2) is 0 Å². The lowest BCUT2D eigenvalue weighted by Gasteiger charge is -2.07. The van der Waals surface area contributed by atoms with Crippen molar-refractivity contribution in [2.24, 2.45) is 71.4 Å². The molecular formula is C52H71N13O20. The molecule has 0 spiro atoms. The molecule has 0 fully saturated rings. The summed E-state index contributed by atoms with van der Waals surface area (Å²) in [7, 11) is 12.7. The smallest absolute Gasteiger partial charge is 0.332 e. The first-order valence-corrected chi connectivity index (χ1v) is 25.3. The standard InChI is InChI=1S/C13H17N3O4.C13H15N3O4.C11H11N3O4.C6H10N4O2.C6H8O4.C2H6O.CH4O/c2*1-4-20-10(17)6-5-8-7-9-11(14-8)15(2)13(19)16(3)12(9)18;1-13-9-7(10(17)14(2)11(13)18)5-6(12-9)3-4-8(15)16;1-9-4(8)3(7)5(11)10(2)6(9)12;1-2-10-6(9)4-3-5(7)8;1-2-3;1-2/h4-7H2,1-3H3;5-6H,4,7H2,1-3H3;3-4H,5H2,1-2H3,(H,15,16);7-8H2,1-2H3;3-4H,2H2,1H3,(H,7,8);3H,2H2,1H3;2H,1H3/b;6-5+;4-3+;;4-3+;;. The van der Waals surface area contributed by atoms with Gasteiger partial charge in [-0.15, -0.1) is 0 Å². The maximum absolute atomic E-state index is 12.0. The minimum atomic E-state index is -1.16. The van der Waals surface area contributed by atoms with E-state index in [1.807, 2.05) is 0 Å². The highest BCUT2D eigenvalue weighted by atomic mass is 16.5. The number of anilines is 2. The third kappa shape index (κ3) is 19.8. The number of fused-ring (bicyclic) bond motifs is 3. The molecule has 4 aromatic heterocycles. The largest absolute Gasteiger partial charge is 0.478 e. The Morgan fingerprint density at radius 2 is 0.824 bits per heavy atom. The van der Waals surface area contributed by atoms with Gasteiger partial charge in [0.2, 0.25) is 0 Å². The summed E-state index contributed by atoms with van der Waals surface area (Å²) < 4.78 is 23.1. The quantitative estimate of drug-likeness (QED) is 0.0477. The average molecular weight is 1200 g/mol. The molecule has 0 radical (unpaired) electrons. The van der Waals surface area contributed by atoms with Crippen LogP contribution >= 0.6 is 0 Å². The van der Waals surface area contributed by atoms with E-state index in [4.69, 9.17) is 41.4 Å². The van der Waals surface area contributed by atoms with Gasteiger partial charge in [-0.3, -0.25) is 60.5 Å². The highest BCUT2D eigenvalue weighted by Crippen LogP contribution is 2.24. The molecule has 33 heteroatoms. The zero-order valence-electron chi connectivity index (χ0n) is 49.2. The van der Waals surface area contributed by atoms with Crippen LogP contribution in [-0.2, 0) is 114 Å². The first-order valence-electron chi connectivity index (χ1n) is 25.3. The molecule has 0 amide bonds. The highest BCUT2D eigenvalue weighted by Gasteiger charge is 2.25. The van der Waals surface area contributed by atoms with Crippen LogP contribution in [0.1, 0.15) is 57.2 Å². The number of hydrogen-bond donors (Lipinski definition) is 6. The van der Waals surface area contributed by atoms with Crippen molar-refractivity contribution >= 4 is 75.9 Å². The maximum atomic E-state index is 12.0. The third-order valence-corrected chi connectivity index (χ3v) is 11.5. The van der Waals surface area contributed by atoms with E-state index >= 15 is 0 Å². The van der Waals surface area contributed by atoms with Crippen molar-refractivity contribution in [3.05, 3.63) is 136 Å². The van der Waals surface area contributed by atoms with Crippen LogP contribution in [-0.4, -0.2) is 137 Å². The normalized spacial score (nSPS) is 12.0. The Labute approximate surface area is 482 Å². The lowest BCUT2D eigenvalue weighted by Crippen LogP contribution is -2.39. The molecule has 0 unspecified atom stereocenters. The van der Waals surface area contributed by atoms with Gasteiger partial charge in [-0.2, -0.15) is 0 Å². The van der Waals surface area contributed by atoms with Gasteiger partial charge in [-0.1, -0.05) is 0 Å². The molecule has 0 bridgehead atoms. The number of carboxylic acids is 2. The number of hydrogen-bond acceptors (Lipinski definition) is 23. The predicted molar refractivity (Wildman–Crippen MR) is 312 cm³/mol. The Hall–Kier alpha value is -10.2. The predicted octanol–water partition coefficient (Wildman–Crippen LogP) is -2.71. The number of aliphatic hydroxyl groups excluding tert-OH is 2. The van der Waals surface area contributed by atoms with Gasteiger partial charge >= 0.3 is 52.6 Å². The number of allylic oxidation sites excluding steroid dienone is 2. The minimum Gasteiger partial charge on any atom is -0.478 e. The van der Waals surface area contributed by atoms with E-state index in [0.717, 1.165) is 53.9 Å². The molecule has 7 heterocycles.